The minimum Gasteiger partial charge on any atom is -0.467 e. The van der Waals surface area contributed by atoms with E-state index in [0.29, 0.717) is 36.2 Å². The number of nitrogens with zero attached hydrogens (tertiary/aromatic N) is 6. The van der Waals surface area contributed by atoms with Gasteiger partial charge in [-0.05, 0) is 33.1 Å². The van der Waals surface area contributed by atoms with Crippen molar-refractivity contribution in [2.75, 3.05) is 23.9 Å². The predicted molar refractivity (Wildman–Crippen MR) is 110 cm³/mol. The average Bonchev–Trinajstić information content (AvgIpc) is 3.52. The number of aromatic amines is 1. The van der Waals surface area contributed by atoms with Gasteiger partial charge in [0.2, 0.25) is 11.9 Å². The zero-order valence-electron chi connectivity index (χ0n) is 17.9. The summed E-state index contributed by atoms with van der Waals surface area (Å²) in [4.78, 5) is 29.9. The molecule has 1 unspecified atom stereocenters. The number of aromatic nitrogens is 5. The Labute approximate surface area is 174 Å². The first kappa shape index (κ1) is 18.9. The van der Waals surface area contributed by atoms with Crippen LogP contribution in [0.15, 0.2) is 0 Å². The van der Waals surface area contributed by atoms with E-state index >= 15 is 0 Å². The number of anilines is 3. The van der Waals surface area contributed by atoms with Crippen LogP contribution >= 0.6 is 0 Å². The summed E-state index contributed by atoms with van der Waals surface area (Å²) >= 11 is 0. The molecule has 3 N–H and O–H groups in total. The molecule has 4 heterocycles. The van der Waals surface area contributed by atoms with Crippen molar-refractivity contribution in [2.45, 2.75) is 58.3 Å². The Hall–Kier alpha value is -3.11. The highest BCUT2D eigenvalue weighted by Gasteiger charge is 2.45. The minimum atomic E-state index is -0.498. The Kier molecular flexibility index (Phi) is 4.06. The zero-order chi connectivity index (χ0) is 21.2. The molecule has 3 aliphatic rings. The quantitative estimate of drug-likeness (QED) is 0.633. The van der Waals surface area contributed by atoms with Gasteiger partial charge in [-0.3, -0.25) is 5.10 Å². The Bertz CT molecular complexity index is 1000. The van der Waals surface area contributed by atoms with Gasteiger partial charge in [0.1, 0.15) is 0 Å². The van der Waals surface area contributed by atoms with Crippen molar-refractivity contribution in [1.29, 1.82) is 0 Å². The lowest BCUT2D eigenvalue weighted by Crippen LogP contribution is -2.47. The molecule has 30 heavy (non-hydrogen) atoms. The summed E-state index contributed by atoms with van der Waals surface area (Å²) < 4.78 is 5.24. The standard InChI is InChI=1S/C19H27N9O2/c1-9-6-12(9)20-18(29)28-8-11-13(19(28,3)4)25-26-14(11)21-15-22-16(27-7-10(27)2)24-17(23-15)30-5/h9-10,12H,6-8H2,1-5H3,(H,20,29)(H2,21,22,23,24,25,26)/t9-,10?,12-,27?/m0/s1. The molecule has 2 aromatic heterocycles. The number of nitrogens with one attached hydrogen (secondary N) is 3. The van der Waals surface area contributed by atoms with Crippen LogP contribution in [0.2, 0.25) is 0 Å². The molecule has 11 nitrogen and oxygen atoms in total. The summed E-state index contributed by atoms with van der Waals surface area (Å²) in [5.41, 5.74) is 1.34. The first-order valence-corrected chi connectivity index (χ1v) is 10.3. The number of hydrogen-bond donors (Lipinski definition) is 3. The molecule has 2 aromatic rings. The van der Waals surface area contributed by atoms with E-state index < -0.39 is 5.54 Å². The molecule has 1 saturated carbocycles. The fraction of sp³-hybridized carbons (Fsp3) is 0.632. The van der Waals surface area contributed by atoms with Crippen molar-refractivity contribution in [2.24, 2.45) is 5.92 Å². The van der Waals surface area contributed by atoms with Gasteiger partial charge in [0.05, 0.1) is 24.9 Å². The van der Waals surface area contributed by atoms with Crippen molar-refractivity contribution in [3.63, 3.8) is 0 Å². The van der Waals surface area contributed by atoms with Gasteiger partial charge in [-0.1, -0.05) is 6.92 Å². The second kappa shape index (κ2) is 6.44. The maximum atomic E-state index is 12.8. The summed E-state index contributed by atoms with van der Waals surface area (Å²) in [6.07, 6.45) is 1.04. The first-order chi connectivity index (χ1) is 14.3. The average molecular weight is 413 g/mol. The number of rotatable bonds is 5. The fourth-order valence-electron chi connectivity index (χ4n) is 3.95. The maximum Gasteiger partial charge on any atom is 0.322 e. The Morgan fingerprint density at radius 3 is 2.63 bits per heavy atom. The topological polar surface area (TPSA) is 124 Å². The number of H-pyrrole nitrogens is 1. The minimum absolute atomic E-state index is 0.0514. The van der Waals surface area contributed by atoms with Crippen LogP contribution in [0.3, 0.4) is 0 Å². The third-order valence-corrected chi connectivity index (χ3v) is 6.27. The lowest BCUT2D eigenvalue weighted by molar-refractivity contribution is 0.142. The molecule has 11 heteroatoms. The van der Waals surface area contributed by atoms with Gasteiger partial charge in [0.15, 0.2) is 5.82 Å². The van der Waals surface area contributed by atoms with Gasteiger partial charge >= 0.3 is 12.0 Å². The number of carbonyl (C=O) groups is 1. The normalized spacial score (nSPS) is 25.7. The molecule has 2 amide bonds. The van der Waals surface area contributed by atoms with Crippen molar-refractivity contribution in [3.8, 4) is 6.01 Å². The lowest BCUT2D eigenvalue weighted by Gasteiger charge is -2.31. The van der Waals surface area contributed by atoms with E-state index in [-0.39, 0.29) is 18.1 Å². The number of ether oxygens (including phenoxy) is 1. The summed E-state index contributed by atoms with van der Waals surface area (Å²) in [6.45, 7) is 9.64. The van der Waals surface area contributed by atoms with Crippen molar-refractivity contribution < 1.29 is 9.53 Å². The highest BCUT2D eigenvalue weighted by Crippen LogP contribution is 2.41. The second-order valence-electron chi connectivity index (χ2n) is 8.91. The van der Waals surface area contributed by atoms with Crippen LogP contribution in [0.5, 0.6) is 6.01 Å². The van der Waals surface area contributed by atoms with E-state index in [0.717, 1.165) is 24.2 Å². The van der Waals surface area contributed by atoms with E-state index in [2.05, 4.69) is 54.5 Å². The molecule has 3 atom stereocenters. The smallest absolute Gasteiger partial charge is 0.322 e. The van der Waals surface area contributed by atoms with E-state index in [9.17, 15) is 4.79 Å². The first-order valence-electron chi connectivity index (χ1n) is 10.3. The number of fused-ring (bicyclic) bond motifs is 1. The number of hydrogen-bond acceptors (Lipinski definition) is 8. The molecule has 0 spiro atoms. The van der Waals surface area contributed by atoms with E-state index in [4.69, 9.17) is 4.74 Å². The largest absolute Gasteiger partial charge is 0.467 e. The van der Waals surface area contributed by atoms with Crippen molar-refractivity contribution >= 4 is 23.7 Å². The molecule has 0 radical (unpaired) electrons. The molecular weight excluding hydrogens is 386 g/mol. The number of amides is 2. The highest BCUT2D eigenvalue weighted by molar-refractivity contribution is 5.78. The predicted octanol–water partition coefficient (Wildman–Crippen LogP) is 1.72. The third-order valence-electron chi connectivity index (χ3n) is 6.27. The van der Waals surface area contributed by atoms with Gasteiger partial charge in [-0.2, -0.15) is 20.1 Å². The summed E-state index contributed by atoms with van der Waals surface area (Å²) in [6, 6.07) is 0.874. The third kappa shape index (κ3) is 3.08. The SMILES string of the molecule is COc1nc(Nc2n[nH]c3c2CN(C(=O)N[C@H]2C[C@@H]2C)C3(C)C)nc(N2CC2C)n1. The van der Waals surface area contributed by atoms with Gasteiger partial charge in [0, 0.05) is 24.2 Å². The van der Waals surface area contributed by atoms with Gasteiger partial charge < -0.3 is 25.2 Å². The summed E-state index contributed by atoms with van der Waals surface area (Å²) in [5.74, 6) is 2.09. The van der Waals surface area contributed by atoms with Crippen LogP contribution in [0, 0.1) is 5.92 Å². The molecule has 2 fully saturated rings. The monoisotopic (exact) mass is 413 g/mol. The Balaban J connectivity index is 1.38. The van der Waals surface area contributed by atoms with Crippen molar-refractivity contribution in [1.82, 2.24) is 35.4 Å². The van der Waals surface area contributed by atoms with Gasteiger partial charge in [0.25, 0.3) is 0 Å². The van der Waals surface area contributed by atoms with E-state index in [1.165, 1.54) is 7.11 Å². The second-order valence-corrected chi connectivity index (χ2v) is 8.91. The molecule has 1 saturated heterocycles. The van der Waals surface area contributed by atoms with Crippen molar-refractivity contribution in [3.05, 3.63) is 11.3 Å². The van der Waals surface area contributed by atoms with E-state index in [1.54, 1.807) is 0 Å². The zero-order valence-corrected chi connectivity index (χ0v) is 17.9. The van der Waals surface area contributed by atoms with Crippen LogP contribution in [-0.4, -0.2) is 61.8 Å². The highest BCUT2D eigenvalue weighted by atomic mass is 16.5. The van der Waals surface area contributed by atoms with Crippen LogP contribution in [0.1, 0.15) is 45.4 Å². The lowest BCUT2D eigenvalue weighted by atomic mass is 10.0. The number of carbonyl (C=O) groups excluding carboxylic acids is 1. The number of methoxy groups -OCH3 is 1. The molecule has 1 aliphatic carbocycles. The van der Waals surface area contributed by atoms with Crippen LogP contribution in [-0.2, 0) is 12.1 Å². The van der Waals surface area contributed by atoms with Crippen LogP contribution < -0.4 is 20.3 Å². The fourth-order valence-corrected chi connectivity index (χ4v) is 3.95. The van der Waals surface area contributed by atoms with Crippen LogP contribution in [0.25, 0.3) is 0 Å². The molecule has 0 aromatic carbocycles. The van der Waals surface area contributed by atoms with Crippen LogP contribution in [0.4, 0.5) is 22.5 Å². The van der Waals surface area contributed by atoms with Gasteiger partial charge in [-0.25, -0.2) is 4.79 Å². The Morgan fingerprint density at radius 1 is 1.27 bits per heavy atom. The maximum absolute atomic E-state index is 12.8. The summed E-state index contributed by atoms with van der Waals surface area (Å²) in [7, 11) is 1.53. The summed E-state index contributed by atoms with van der Waals surface area (Å²) in [5, 5.41) is 13.8. The number of urea groups is 1. The molecule has 2 aliphatic heterocycles. The molecule has 0 bridgehead atoms. The molecule has 5 rings (SSSR count). The molecular formula is C19H27N9O2. The van der Waals surface area contributed by atoms with E-state index in [1.807, 2.05) is 18.7 Å². The Morgan fingerprint density at radius 2 is 2.00 bits per heavy atom. The van der Waals surface area contributed by atoms with Gasteiger partial charge in [-0.15, -0.1) is 0 Å². The molecule has 160 valence electrons.